The molecule has 122 valence electrons. The molecule has 0 atom stereocenters. The highest BCUT2D eigenvalue weighted by Crippen LogP contribution is 2.19. The zero-order chi connectivity index (χ0) is 16.2. The van der Waals surface area contributed by atoms with Crippen molar-refractivity contribution in [2.45, 2.75) is 0 Å². The fraction of sp³-hybridized carbons (Fsp3) is 0.538. The quantitative estimate of drug-likeness (QED) is 0.738. The minimum Gasteiger partial charge on any atom is -0.481 e. The van der Waals surface area contributed by atoms with E-state index < -0.39 is 10.0 Å². The fourth-order valence-electron chi connectivity index (χ4n) is 2.08. The molecule has 0 spiro atoms. The molecule has 0 saturated carbocycles. The van der Waals surface area contributed by atoms with Crippen molar-refractivity contribution in [1.82, 2.24) is 9.88 Å². The number of hydrogen-bond acceptors (Lipinski definition) is 6. The van der Waals surface area contributed by atoms with E-state index in [1.54, 1.807) is 17.0 Å². The smallest absolute Gasteiger partial charge is 0.243 e. The molecular weight excluding hydrogens is 310 g/mol. The molecule has 1 aliphatic heterocycles. The molecule has 0 unspecified atom stereocenters. The Morgan fingerprint density at radius 3 is 2.59 bits per heavy atom. The lowest BCUT2D eigenvalue weighted by atomic mass is 10.3. The molecule has 0 N–H and O–H groups in total. The summed E-state index contributed by atoms with van der Waals surface area (Å²) in [5.41, 5.74) is 0.324. The molecule has 0 radical (unpaired) electrons. The molecular formula is C13H19N3O5S. The van der Waals surface area contributed by atoms with Gasteiger partial charge >= 0.3 is 0 Å². The van der Waals surface area contributed by atoms with Crippen LogP contribution >= 0.6 is 0 Å². The number of nitrogens with zero attached hydrogens (tertiary/aromatic N) is 3. The summed E-state index contributed by atoms with van der Waals surface area (Å²) in [6.07, 6.45) is 2.43. The summed E-state index contributed by atoms with van der Waals surface area (Å²) in [5, 5.41) is 0. The Bertz CT molecular complexity index is 611. The van der Waals surface area contributed by atoms with E-state index in [9.17, 15) is 13.2 Å². The number of carbonyl (C=O) groups excluding carboxylic acids is 1. The van der Waals surface area contributed by atoms with Crippen molar-refractivity contribution in [1.29, 1.82) is 0 Å². The summed E-state index contributed by atoms with van der Waals surface area (Å²) in [5.74, 6) is 0.112. The number of sulfonamides is 1. The van der Waals surface area contributed by atoms with Crippen molar-refractivity contribution < 1.29 is 22.7 Å². The van der Waals surface area contributed by atoms with Crippen LogP contribution in [0.3, 0.4) is 0 Å². The van der Waals surface area contributed by atoms with Crippen LogP contribution < -0.4 is 9.04 Å². The van der Waals surface area contributed by atoms with Gasteiger partial charge in [0.25, 0.3) is 0 Å². The van der Waals surface area contributed by atoms with Crippen LogP contribution in [0.2, 0.25) is 0 Å². The molecule has 2 rings (SSSR count). The van der Waals surface area contributed by atoms with Crippen LogP contribution in [0.15, 0.2) is 18.3 Å². The van der Waals surface area contributed by atoms with E-state index in [1.165, 1.54) is 13.3 Å². The Hall–Kier alpha value is -1.87. The average Bonchev–Trinajstić information content (AvgIpc) is 2.52. The van der Waals surface area contributed by atoms with Crippen molar-refractivity contribution in [2.75, 3.05) is 50.5 Å². The third-order valence-electron chi connectivity index (χ3n) is 3.26. The second kappa shape index (κ2) is 6.93. The van der Waals surface area contributed by atoms with Crippen LogP contribution in [-0.2, 0) is 19.6 Å². The molecule has 0 aliphatic carbocycles. The number of anilines is 1. The average molecular weight is 329 g/mol. The van der Waals surface area contributed by atoms with Crippen LogP contribution in [0, 0.1) is 0 Å². The summed E-state index contributed by atoms with van der Waals surface area (Å²) >= 11 is 0. The number of amides is 1. The number of hydrogen-bond donors (Lipinski definition) is 0. The van der Waals surface area contributed by atoms with Gasteiger partial charge in [-0.2, -0.15) is 0 Å². The molecule has 1 aromatic heterocycles. The molecule has 1 amide bonds. The van der Waals surface area contributed by atoms with Gasteiger partial charge in [0.2, 0.25) is 21.8 Å². The fourth-order valence-corrected chi connectivity index (χ4v) is 2.91. The molecule has 22 heavy (non-hydrogen) atoms. The molecule has 2 heterocycles. The second-order valence-electron chi connectivity index (χ2n) is 4.82. The van der Waals surface area contributed by atoms with Gasteiger partial charge in [0.15, 0.2) is 0 Å². The van der Waals surface area contributed by atoms with E-state index in [4.69, 9.17) is 9.47 Å². The highest BCUT2D eigenvalue weighted by atomic mass is 32.2. The number of carbonyl (C=O) groups is 1. The lowest BCUT2D eigenvalue weighted by Gasteiger charge is -2.29. The SMILES string of the molecule is COc1ccc(N(CC(=O)N2CCOCC2)S(C)(=O)=O)cn1. The Morgan fingerprint density at radius 1 is 1.41 bits per heavy atom. The van der Waals surface area contributed by atoms with Crippen molar-refractivity contribution in [2.24, 2.45) is 0 Å². The molecule has 0 bridgehead atoms. The van der Waals surface area contributed by atoms with Crippen LogP contribution in [0.25, 0.3) is 0 Å². The number of ether oxygens (including phenoxy) is 2. The highest BCUT2D eigenvalue weighted by molar-refractivity contribution is 7.92. The molecule has 1 aromatic rings. The summed E-state index contributed by atoms with van der Waals surface area (Å²) in [6, 6.07) is 3.10. The van der Waals surface area contributed by atoms with Gasteiger partial charge in [0, 0.05) is 19.2 Å². The maximum Gasteiger partial charge on any atom is 0.243 e. The van der Waals surface area contributed by atoms with E-state index in [1.807, 2.05) is 0 Å². The zero-order valence-electron chi connectivity index (χ0n) is 12.6. The molecule has 9 heteroatoms. The normalized spacial score (nSPS) is 15.5. The van der Waals surface area contributed by atoms with Gasteiger partial charge < -0.3 is 14.4 Å². The Labute approximate surface area is 129 Å². The highest BCUT2D eigenvalue weighted by Gasteiger charge is 2.25. The molecule has 0 aromatic carbocycles. The van der Waals surface area contributed by atoms with E-state index >= 15 is 0 Å². The Balaban J connectivity index is 2.17. The first-order chi connectivity index (χ1) is 10.4. The first-order valence-electron chi connectivity index (χ1n) is 6.75. The summed E-state index contributed by atoms with van der Waals surface area (Å²) in [4.78, 5) is 17.8. The molecule has 8 nitrogen and oxygen atoms in total. The van der Waals surface area contributed by atoms with Crippen LogP contribution in [0.5, 0.6) is 5.88 Å². The third kappa shape index (κ3) is 4.08. The van der Waals surface area contributed by atoms with Crippen molar-refractivity contribution in [3.63, 3.8) is 0 Å². The van der Waals surface area contributed by atoms with Gasteiger partial charge in [0.05, 0.1) is 38.5 Å². The summed E-state index contributed by atoms with van der Waals surface area (Å²) < 4.78 is 35.1. The topological polar surface area (TPSA) is 89.0 Å². The Kier molecular flexibility index (Phi) is 5.19. The maximum atomic E-state index is 12.3. The van der Waals surface area contributed by atoms with Gasteiger partial charge in [-0.05, 0) is 6.07 Å². The monoisotopic (exact) mass is 329 g/mol. The van der Waals surface area contributed by atoms with E-state index in [-0.39, 0.29) is 12.5 Å². The number of rotatable bonds is 5. The number of pyridine rings is 1. The minimum absolute atomic E-state index is 0.257. The third-order valence-corrected chi connectivity index (χ3v) is 4.40. The van der Waals surface area contributed by atoms with Crippen LogP contribution in [0.1, 0.15) is 0 Å². The lowest BCUT2D eigenvalue weighted by molar-refractivity contribution is -0.133. The van der Waals surface area contributed by atoms with E-state index in [0.29, 0.717) is 37.9 Å². The maximum absolute atomic E-state index is 12.3. The summed E-state index contributed by atoms with van der Waals surface area (Å²) in [6.45, 7) is 1.62. The predicted molar refractivity (Wildman–Crippen MR) is 80.4 cm³/mol. The lowest BCUT2D eigenvalue weighted by Crippen LogP contribution is -2.47. The zero-order valence-corrected chi connectivity index (χ0v) is 13.4. The van der Waals surface area contributed by atoms with Crippen molar-refractivity contribution in [3.8, 4) is 5.88 Å². The predicted octanol–water partition coefficient (Wildman–Crippen LogP) is -0.285. The van der Waals surface area contributed by atoms with E-state index in [0.717, 1.165) is 10.6 Å². The van der Waals surface area contributed by atoms with Gasteiger partial charge in [-0.25, -0.2) is 13.4 Å². The standard InChI is InChI=1S/C13H19N3O5S/c1-20-12-4-3-11(9-14-12)16(22(2,18)19)10-13(17)15-5-7-21-8-6-15/h3-4,9H,5-8,10H2,1-2H3. The minimum atomic E-state index is -3.60. The molecule has 1 aliphatic rings. The van der Waals surface area contributed by atoms with Gasteiger partial charge in [0.1, 0.15) is 6.54 Å². The molecule has 1 saturated heterocycles. The van der Waals surface area contributed by atoms with Crippen LogP contribution in [0.4, 0.5) is 5.69 Å². The van der Waals surface area contributed by atoms with E-state index in [2.05, 4.69) is 4.98 Å². The molecule has 1 fully saturated rings. The number of methoxy groups -OCH3 is 1. The summed E-state index contributed by atoms with van der Waals surface area (Å²) in [7, 11) is -2.13. The number of morpholine rings is 1. The Morgan fingerprint density at radius 2 is 2.09 bits per heavy atom. The number of aromatic nitrogens is 1. The first kappa shape index (κ1) is 16.5. The largest absolute Gasteiger partial charge is 0.481 e. The second-order valence-corrected chi connectivity index (χ2v) is 6.73. The van der Waals surface area contributed by atoms with Crippen molar-refractivity contribution in [3.05, 3.63) is 18.3 Å². The van der Waals surface area contributed by atoms with Gasteiger partial charge in [-0.1, -0.05) is 0 Å². The van der Waals surface area contributed by atoms with Gasteiger partial charge in [-0.15, -0.1) is 0 Å². The van der Waals surface area contributed by atoms with Crippen LogP contribution in [-0.4, -0.2) is 70.4 Å². The van der Waals surface area contributed by atoms with Gasteiger partial charge in [-0.3, -0.25) is 9.10 Å². The van der Waals surface area contributed by atoms with Crippen molar-refractivity contribution >= 4 is 21.6 Å². The first-order valence-corrected chi connectivity index (χ1v) is 8.60.